The Balaban J connectivity index is 2.50. The first kappa shape index (κ1) is 28.5. The Labute approximate surface area is 221 Å². The van der Waals surface area contributed by atoms with Crippen LogP contribution in [-0.2, 0) is 34.8 Å². The minimum absolute atomic E-state index is 0.0302. The Morgan fingerprint density at radius 3 is 2.18 bits per heavy atom. The van der Waals surface area contributed by atoms with Gasteiger partial charge in [-0.05, 0) is 29.3 Å². The molecule has 2 aromatic rings. The van der Waals surface area contributed by atoms with Crippen molar-refractivity contribution >= 4 is 29.7 Å². The van der Waals surface area contributed by atoms with Crippen LogP contribution in [0, 0.1) is 11.3 Å². The lowest BCUT2D eigenvalue weighted by Crippen LogP contribution is -2.41. The Kier molecular flexibility index (Phi) is 8.45. The van der Waals surface area contributed by atoms with Crippen molar-refractivity contribution in [2.24, 2.45) is 5.73 Å². The number of ether oxygens (including phenoxy) is 3. The second kappa shape index (κ2) is 11.6. The van der Waals surface area contributed by atoms with Crippen molar-refractivity contribution in [2.75, 3.05) is 26.2 Å². The second-order valence-electron chi connectivity index (χ2n) is 7.96. The molecule has 9 nitrogen and oxygen atoms in total. The van der Waals surface area contributed by atoms with Gasteiger partial charge in [-0.25, -0.2) is 14.4 Å². The normalized spacial score (nSPS) is 15.7. The van der Waals surface area contributed by atoms with E-state index in [4.69, 9.17) is 15.2 Å². The van der Waals surface area contributed by atoms with Gasteiger partial charge in [0, 0.05) is 6.08 Å². The summed E-state index contributed by atoms with van der Waals surface area (Å²) in [6.07, 6.45) is -2.74. The molecular weight excluding hydrogens is 519 g/mol. The number of methoxy groups -OCH3 is 3. The molecule has 202 valence electrons. The average molecular weight is 541 g/mol. The summed E-state index contributed by atoms with van der Waals surface area (Å²) < 4.78 is 55.6. The van der Waals surface area contributed by atoms with Crippen LogP contribution in [-0.4, -0.2) is 39.2 Å². The molecule has 12 heteroatoms. The van der Waals surface area contributed by atoms with E-state index in [-0.39, 0.29) is 22.4 Å². The van der Waals surface area contributed by atoms with Gasteiger partial charge in [0.2, 0.25) is 0 Å². The minimum atomic E-state index is -4.82. The summed E-state index contributed by atoms with van der Waals surface area (Å²) in [4.78, 5) is 38.9. The summed E-state index contributed by atoms with van der Waals surface area (Å²) in [5, 5.41) is 10.1. The summed E-state index contributed by atoms with van der Waals surface area (Å²) in [7, 11) is 3.15. The highest BCUT2D eigenvalue weighted by Gasteiger charge is 2.44. The van der Waals surface area contributed by atoms with E-state index in [0.29, 0.717) is 11.6 Å². The lowest BCUT2D eigenvalue weighted by Gasteiger charge is -2.36. The molecule has 0 saturated heterocycles. The van der Waals surface area contributed by atoms with Crippen LogP contribution < -0.4 is 10.6 Å². The molecule has 0 aliphatic carbocycles. The quantitative estimate of drug-likeness (QED) is 0.330. The fourth-order valence-electron chi connectivity index (χ4n) is 4.04. The van der Waals surface area contributed by atoms with Crippen LogP contribution in [0.5, 0.6) is 0 Å². The molecule has 3 rings (SSSR count). The number of hydrogen-bond acceptors (Lipinski definition) is 9. The van der Waals surface area contributed by atoms with Crippen molar-refractivity contribution in [3.8, 4) is 6.07 Å². The lowest BCUT2D eigenvalue weighted by molar-refractivity contribution is -0.139. The molecule has 1 aliphatic rings. The van der Waals surface area contributed by atoms with E-state index in [1.165, 1.54) is 0 Å². The molecule has 2 aromatic carbocycles. The summed E-state index contributed by atoms with van der Waals surface area (Å²) >= 11 is 0. The van der Waals surface area contributed by atoms with Crippen molar-refractivity contribution < 1.29 is 41.8 Å². The van der Waals surface area contributed by atoms with Gasteiger partial charge in [-0.15, -0.1) is 0 Å². The Hall–Kier alpha value is -5.05. The zero-order chi connectivity index (χ0) is 28.9. The predicted octanol–water partition coefficient (Wildman–Crippen LogP) is 3.79. The van der Waals surface area contributed by atoms with E-state index in [2.05, 4.69) is 4.74 Å². The molecule has 0 amide bonds. The van der Waals surface area contributed by atoms with Crippen LogP contribution in [0.4, 0.5) is 18.9 Å². The van der Waals surface area contributed by atoms with Gasteiger partial charge in [0.1, 0.15) is 11.5 Å². The number of anilines is 1. The summed E-state index contributed by atoms with van der Waals surface area (Å²) in [6.45, 7) is 0. The van der Waals surface area contributed by atoms with Crippen molar-refractivity contribution in [2.45, 2.75) is 12.1 Å². The fraction of sp³-hybridized carbons (Fsp3) is 0.185. The number of hydrogen-bond donors (Lipinski definition) is 1. The third-order valence-electron chi connectivity index (χ3n) is 5.81. The molecule has 39 heavy (non-hydrogen) atoms. The number of carbonyl (C=O) groups excluding carboxylic acids is 3. The van der Waals surface area contributed by atoms with E-state index < -0.39 is 47.1 Å². The predicted molar refractivity (Wildman–Crippen MR) is 132 cm³/mol. The number of carbonyl (C=O) groups is 3. The van der Waals surface area contributed by atoms with E-state index in [1.54, 1.807) is 30.3 Å². The third kappa shape index (κ3) is 5.62. The summed E-state index contributed by atoms with van der Waals surface area (Å²) in [6, 6.07) is 12.5. The lowest BCUT2D eigenvalue weighted by atomic mass is 9.80. The van der Waals surface area contributed by atoms with Crippen LogP contribution in [0.2, 0.25) is 0 Å². The van der Waals surface area contributed by atoms with Crippen LogP contribution in [0.15, 0.2) is 77.3 Å². The standard InChI is InChI=1S/C27H22F3N3O6/c1-37-20(34)12-10-15-9-11-17(27(28,29)30)13-19(15)33-23(26(36)39-3)22(25(35)38-2)21(18(14-31)24(33)32)16-7-5-4-6-8-16/h4-13,21H,32H2,1-3H3. The van der Waals surface area contributed by atoms with Crippen molar-refractivity contribution in [1.29, 1.82) is 5.26 Å². The second-order valence-corrected chi connectivity index (χ2v) is 7.96. The molecule has 0 radical (unpaired) electrons. The number of nitriles is 1. The summed E-state index contributed by atoms with van der Waals surface area (Å²) in [5.74, 6) is -4.66. The maximum absolute atomic E-state index is 13.8. The first-order valence-electron chi connectivity index (χ1n) is 11.1. The maximum atomic E-state index is 13.8. The van der Waals surface area contributed by atoms with Crippen LogP contribution >= 0.6 is 0 Å². The SMILES string of the molecule is COC(=O)C=Cc1ccc(C(F)(F)F)cc1N1C(N)=C(C#N)C(c2ccccc2)C(C(=O)OC)=C1C(=O)OC. The minimum Gasteiger partial charge on any atom is -0.466 e. The van der Waals surface area contributed by atoms with Gasteiger partial charge in [0.05, 0.1) is 55.7 Å². The first-order chi connectivity index (χ1) is 18.5. The largest absolute Gasteiger partial charge is 0.466 e. The molecule has 1 aliphatic heterocycles. The number of halogens is 3. The van der Waals surface area contributed by atoms with Crippen molar-refractivity contribution in [3.63, 3.8) is 0 Å². The number of benzene rings is 2. The number of rotatable bonds is 6. The number of esters is 3. The van der Waals surface area contributed by atoms with Crippen LogP contribution in [0.3, 0.4) is 0 Å². The average Bonchev–Trinajstić information content (AvgIpc) is 2.94. The monoisotopic (exact) mass is 541 g/mol. The van der Waals surface area contributed by atoms with Gasteiger partial charge in [-0.1, -0.05) is 36.4 Å². The van der Waals surface area contributed by atoms with Crippen LogP contribution in [0.25, 0.3) is 6.08 Å². The van der Waals surface area contributed by atoms with Gasteiger partial charge in [0.25, 0.3) is 0 Å². The highest BCUT2D eigenvalue weighted by atomic mass is 19.4. The molecule has 0 bridgehead atoms. The van der Waals surface area contributed by atoms with Crippen molar-refractivity contribution in [3.05, 3.63) is 94.0 Å². The molecule has 0 saturated carbocycles. The maximum Gasteiger partial charge on any atom is 0.416 e. The zero-order valence-corrected chi connectivity index (χ0v) is 20.9. The van der Waals surface area contributed by atoms with Gasteiger partial charge in [-0.2, -0.15) is 18.4 Å². The number of allylic oxidation sites excluding steroid dienone is 1. The first-order valence-corrected chi connectivity index (χ1v) is 11.1. The Bertz CT molecular complexity index is 1440. The molecule has 1 heterocycles. The van der Waals surface area contributed by atoms with Gasteiger partial charge >= 0.3 is 24.1 Å². The smallest absolute Gasteiger partial charge is 0.416 e. The van der Waals surface area contributed by atoms with Gasteiger partial charge in [0.15, 0.2) is 0 Å². The Morgan fingerprint density at radius 1 is 1.00 bits per heavy atom. The molecule has 1 atom stereocenters. The molecular formula is C27H22F3N3O6. The van der Waals surface area contributed by atoms with Gasteiger partial charge in [-0.3, -0.25) is 4.90 Å². The van der Waals surface area contributed by atoms with E-state index in [9.17, 15) is 32.8 Å². The third-order valence-corrected chi connectivity index (χ3v) is 5.81. The van der Waals surface area contributed by atoms with E-state index >= 15 is 0 Å². The molecule has 0 spiro atoms. The van der Waals surface area contributed by atoms with E-state index in [0.717, 1.165) is 50.5 Å². The molecule has 2 N–H and O–H groups in total. The molecule has 0 aromatic heterocycles. The van der Waals surface area contributed by atoms with Gasteiger partial charge < -0.3 is 19.9 Å². The number of alkyl halides is 3. The molecule has 0 fully saturated rings. The topological polar surface area (TPSA) is 132 Å². The highest BCUT2D eigenvalue weighted by molar-refractivity contribution is 6.07. The highest BCUT2D eigenvalue weighted by Crippen LogP contribution is 2.45. The van der Waals surface area contributed by atoms with E-state index in [1.807, 2.05) is 6.07 Å². The Morgan fingerprint density at radius 2 is 1.64 bits per heavy atom. The number of nitrogens with zero attached hydrogens (tertiary/aromatic N) is 2. The van der Waals surface area contributed by atoms with Crippen LogP contribution in [0.1, 0.15) is 22.6 Å². The zero-order valence-electron chi connectivity index (χ0n) is 20.9. The summed E-state index contributed by atoms with van der Waals surface area (Å²) in [5.41, 5.74) is 4.04. The number of nitrogens with two attached hydrogens (primary N) is 1. The molecule has 1 unspecified atom stereocenters. The fourth-order valence-corrected chi connectivity index (χ4v) is 4.04. The van der Waals surface area contributed by atoms with Crippen molar-refractivity contribution in [1.82, 2.24) is 0 Å².